The molecule has 0 bridgehead atoms. The molecule has 0 atom stereocenters. The first-order valence-corrected chi connectivity index (χ1v) is 9.13. The van der Waals surface area contributed by atoms with Crippen LogP contribution in [0.3, 0.4) is 0 Å². The zero-order valence-corrected chi connectivity index (χ0v) is 16.0. The van der Waals surface area contributed by atoms with Gasteiger partial charge in [0.25, 0.3) is 5.69 Å². The third-order valence-corrected chi connectivity index (χ3v) is 4.57. The molecule has 2 N–H and O–H groups in total. The van der Waals surface area contributed by atoms with Crippen LogP contribution in [0.25, 0.3) is 11.3 Å². The second-order valence-corrected chi connectivity index (χ2v) is 6.97. The van der Waals surface area contributed by atoms with Gasteiger partial charge in [-0.25, -0.2) is 4.98 Å². The maximum atomic E-state index is 11.5. The van der Waals surface area contributed by atoms with Crippen molar-refractivity contribution < 1.29 is 9.72 Å². The van der Waals surface area contributed by atoms with Gasteiger partial charge in [-0.15, -0.1) is 0 Å². The van der Waals surface area contributed by atoms with Crippen molar-refractivity contribution in [2.24, 2.45) is 5.10 Å². The average Bonchev–Trinajstić information content (AvgIpc) is 3.04. The standard InChI is InChI=1S/C19H17N5O3S/c1-12-6-8-15(9-7-12)17-18(21-13(2)25)28-19(22-17)23-20-11-14-4-3-5-16(10-14)24(26)27/h3-11H,1-2H3,(H,21,25)(H,22,23). The van der Waals surface area contributed by atoms with Crippen LogP contribution >= 0.6 is 11.3 Å². The van der Waals surface area contributed by atoms with E-state index in [1.165, 1.54) is 36.6 Å². The van der Waals surface area contributed by atoms with Gasteiger partial charge in [0.15, 0.2) is 0 Å². The van der Waals surface area contributed by atoms with Gasteiger partial charge in [0.05, 0.1) is 11.1 Å². The summed E-state index contributed by atoms with van der Waals surface area (Å²) >= 11 is 1.25. The average molecular weight is 395 g/mol. The summed E-state index contributed by atoms with van der Waals surface area (Å²) in [5.41, 5.74) is 6.04. The van der Waals surface area contributed by atoms with Crippen molar-refractivity contribution in [3.05, 3.63) is 69.8 Å². The van der Waals surface area contributed by atoms with Gasteiger partial charge in [0.2, 0.25) is 11.0 Å². The zero-order valence-electron chi connectivity index (χ0n) is 15.2. The Bertz CT molecular complexity index is 1040. The number of hydrogen-bond acceptors (Lipinski definition) is 7. The number of carbonyl (C=O) groups excluding carboxylic acids is 1. The normalized spacial score (nSPS) is 10.8. The van der Waals surface area contributed by atoms with Gasteiger partial charge in [0.1, 0.15) is 10.7 Å². The van der Waals surface area contributed by atoms with Crippen LogP contribution in [0.1, 0.15) is 18.1 Å². The highest BCUT2D eigenvalue weighted by atomic mass is 32.1. The molecule has 0 fully saturated rings. The van der Waals surface area contributed by atoms with Crippen molar-refractivity contribution in [1.29, 1.82) is 0 Å². The number of thiazole rings is 1. The Balaban J connectivity index is 1.82. The number of nitro benzene ring substituents is 1. The maximum Gasteiger partial charge on any atom is 0.270 e. The first-order valence-electron chi connectivity index (χ1n) is 8.31. The quantitative estimate of drug-likeness (QED) is 0.364. The number of benzene rings is 2. The van der Waals surface area contributed by atoms with E-state index in [-0.39, 0.29) is 11.6 Å². The van der Waals surface area contributed by atoms with Crippen molar-refractivity contribution in [3.8, 4) is 11.3 Å². The molecule has 0 aliphatic carbocycles. The summed E-state index contributed by atoms with van der Waals surface area (Å²) in [5.74, 6) is -0.191. The van der Waals surface area contributed by atoms with Crippen LogP contribution in [0.5, 0.6) is 0 Å². The first-order chi connectivity index (χ1) is 13.4. The number of aryl methyl sites for hydroxylation is 1. The number of hydrazone groups is 1. The van der Waals surface area contributed by atoms with E-state index in [2.05, 4.69) is 20.8 Å². The Hall–Kier alpha value is -3.59. The number of aromatic nitrogens is 1. The van der Waals surface area contributed by atoms with Gasteiger partial charge in [-0.05, 0) is 6.92 Å². The van der Waals surface area contributed by atoms with Gasteiger partial charge < -0.3 is 5.32 Å². The Kier molecular flexibility index (Phi) is 5.75. The molecule has 0 aliphatic heterocycles. The van der Waals surface area contributed by atoms with Crippen molar-refractivity contribution in [1.82, 2.24) is 4.98 Å². The van der Waals surface area contributed by atoms with E-state index in [9.17, 15) is 14.9 Å². The minimum atomic E-state index is -0.459. The Morgan fingerprint density at radius 1 is 1.25 bits per heavy atom. The molecule has 0 unspecified atom stereocenters. The molecule has 28 heavy (non-hydrogen) atoms. The summed E-state index contributed by atoms with van der Waals surface area (Å²) in [7, 11) is 0. The lowest BCUT2D eigenvalue weighted by molar-refractivity contribution is -0.384. The molecule has 1 heterocycles. The number of nitrogens with one attached hydrogen (secondary N) is 2. The van der Waals surface area contributed by atoms with Crippen LogP contribution in [-0.4, -0.2) is 22.0 Å². The highest BCUT2D eigenvalue weighted by Crippen LogP contribution is 2.36. The van der Waals surface area contributed by atoms with Crippen LogP contribution < -0.4 is 10.7 Å². The molecular weight excluding hydrogens is 378 g/mol. The maximum absolute atomic E-state index is 11.5. The van der Waals surface area contributed by atoms with Gasteiger partial charge >= 0.3 is 0 Å². The topological polar surface area (TPSA) is 110 Å². The molecule has 1 amide bonds. The fraction of sp³-hybridized carbons (Fsp3) is 0.105. The number of nitrogens with zero attached hydrogens (tertiary/aromatic N) is 3. The van der Waals surface area contributed by atoms with Gasteiger partial charge in [-0.3, -0.25) is 20.3 Å². The third-order valence-electron chi connectivity index (χ3n) is 3.70. The molecular formula is C19H17N5O3S. The number of hydrogen-bond donors (Lipinski definition) is 2. The van der Waals surface area contributed by atoms with E-state index in [0.29, 0.717) is 21.4 Å². The molecule has 0 saturated heterocycles. The van der Waals surface area contributed by atoms with E-state index in [4.69, 9.17) is 0 Å². The summed E-state index contributed by atoms with van der Waals surface area (Å²) in [6.07, 6.45) is 1.47. The number of nitro groups is 1. The number of anilines is 2. The number of non-ortho nitro benzene ring substituents is 1. The second-order valence-electron chi connectivity index (χ2n) is 5.97. The van der Waals surface area contributed by atoms with E-state index in [0.717, 1.165) is 11.1 Å². The van der Waals surface area contributed by atoms with Crippen LogP contribution in [-0.2, 0) is 4.79 Å². The largest absolute Gasteiger partial charge is 0.316 e. The highest BCUT2D eigenvalue weighted by molar-refractivity contribution is 7.20. The van der Waals surface area contributed by atoms with E-state index >= 15 is 0 Å². The smallest absolute Gasteiger partial charge is 0.270 e. The Morgan fingerprint density at radius 3 is 2.68 bits per heavy atom. The summed E-state index contributed by atoms with van der Waals surface area (Å²) in [6.45, 7) is 3.43. The molecule has 1 aromatic heterocycles. The molecule has 0 saturated carbocycles. The van der Waals surface area contributed by atoms with Gasteiger partial charge in [-0.2, -0.15) is 5.10 Å². The molecule has 142 valence electrons. The van der Waals surface area contributed by atoms with Gasteiger partial charge in [0, 0.05) is 30.2 Å². The molecule has 3 rings (SSSR count). The number of carbonyl (C=O) groups is 1. The Labute approximate surface area is 165 Å². The second kappa shape index (κ2) is 8.40. The Morgan fingerprint density at radius 2 is 2.00 bits per heavy atom. The summed E-state index contributed by atoms with van der Waals surface area (Å²) in [5, 5.41) is 18.8. The summed E-state index contributed by atoms with van der Waals surface area (Å²) < 4.78 is 0. The fourth-order valence-electron chi connectivity index (χ4n) is 2.40. The van der Waals surface area contributed by atoms with Crippen molar-refractivity contribution in [3.63, 3.8) is 0 Å². The van der Waals surface area contributed by atoms with Crippen molar-refractivity contribution >= 4 is 39.3 Å². The summed E-state index contributed by atoms with van der Waals surface area (Å²) in [4.78, 5) is 26.4. The van der Waals surface area contributed by atoms with Crippen molar-refractivity contribution in [2.45, 2.75) is 13.8 Å². The lowest BCUT2D eigenvalue weighted by Gasteiger charge is -2.02. The monoisotopic (exact) mass is 395 g/mol. The predicted octanol–water partition coefficient (Wildman–Crippen LogP) is 4.43. The molecule has 0 spiro atoms. The zero-order chi connectivity index (χ0) is 20.1. The van der Waals surface area contributed by atoms with E-state index in [1.54, 1.807) is 12.1 Å². The minimum Gasteiger partial charge on any atom is -0.316 e. The first kappa shape index (κ1) is 19.2. The number of amides is 1. The fourth-order valence-corrected chi connectivity index (χ4v) is 3.28. The minimum absolute atomic E-state index is 0.00667. The van der Waals surface area contributed by atoms with E-state index in [1.807, 2.05) is 31.2 Å². The molecule has 0 radical (unpaired) electrons. The van der Waals surface area contributed by atoms with Crippen molar-refractivity contribution in [2.75, 3.05) is 10.7 Å². The van der Waals surface area contributed by atoms with Crippen LogP contribution in [0.2, 0.25) is 0 Å². The molecule has 9 heteroatoms. The van der Waals surface area contributed by atoms with Crippen LogP contribution in [0, 0.1) is 17.0 Å². The van der Waals surface area contributed by atoms with E-state index < -0.39 is 4.92 Å². The molecule has 0 aliphatic rings. The molecule has 2 aromatic carbocycles. The third kappa shape index (κ3) is 4.77. The van der Waals surface area contributed by atoms with Gasteiger partial charge in [-0.1, -0.05) is 53.3 Å². The highest BCUT2D eigenvalue weighted by Gasteiger charge is 2.14. The predicted molar refractivity (Wildman–Crippen MR) is 111 cm³/mol. The van der Waals surface area contributed by atoms with Crippen LogP contribution in [0.4, 0.5) is 15.8 Å². The molecule has 8 nitrogen and oxygen atoms in total. The molecule has 3 aromatic rings. The van der Waals surface area contributed by atoms with Crippen LogP contribution in [0.15, 0.2) is 53.6 Å². The lowest BCUT2D eigenvalue weighted by atomic mass is 10.1. The number of rotatable bonds is 6. The SMILES string of the molecule is CC(=O)Nc1sc(NN=Cc2cccc([N+](=O)[O-])c2)nc1-c1ccc(C)cc1. The summed E-state index contributed by atoms with van der Waals surface area (Å²) in [6, 6.07) is 14.0. The lowest BCUT2D eigenvalue weighted by Crippen LogP contribution is -2.05.